The Morgan fingerprint density at radius 3 is 2.73 bits per heavy atom. The van der Waals surface area contributed by atoms with Gasteiger partial charge in [-0.15, -0.1) is 0 Å². The van der Waals surface area contributed by atoms with Gasteiger partial charge in [0.1, 0.15) is 5.56 Å². The van der Waals surface area contributed by atoms with Gasteiger partial charge in [0.15, 0.2) is 11.3 Å². The second-order valence-corrected chi connectivity index (χ2v) is 3.37. The molecule has 2 rings (SSSR count). The van der Waals surface area contributed by atoms with Gasteiger partial charge in [-0.25, -0.2) is 0 Å². The Bertz CT molecular complexity index is 550. The third kappa shape index (κ3) is 1.40. The lowest BCUT2D eigenvalue weighted by Crippen LogP contribution is -2.36. The summed E-state index contributed by atoms with van der Waals surface area (Å²) in [6, 6.07) is 8.85. The van der Waals surface area contributed by atoms with E-state index in [1.807, 2.05) is 12.1 Å². The predicted molar refractivity (Wildman–Crippen MR) is 55.7 cm³/mol. The minimum absolute atomic E-state index is 0.0706. The highest BCUT2D eigenvalue weighted by Crippen LogP contribution is 2.16. The zero-order valence-electron chi connectivity index (χ0n) is 8.27. The molecular formula is C11H11N2O2+. The summed E-state index contributed by atoms with van der Waals surface area (Å²) in [6.45, 7) is 1.42. The molecule has 15 heavy (non-hydrogen) atoms. The van der Waals surface area contributed by atoms with Crippen molar-refractivity contribution in [3.05, 3.63) is 35.9 Å². The first kappa shape index (κ1) is 9.45. The third-order valence-corrected chi connectivity index (χ3v) is 2.35. The molecule has 4 heteroatoms. The van der Waals surface area contributed by atoms with Gasteiger partial charge < -0.3 is 5.21 Å². The number of carbonyl (C=O) groups excluding carboxylic acids is 1. The topological polar surface area (TPSA) is 67.2 Å². The number of para-hydroxylation sites is 1. The van der Waals surface area contributed by atoms with Crippen LogP contribution in [0, 0.1) is 0 Å². The second kappa shape index (κ2) is 3.24. The lowest BCUT2D eigenvalue weighted by Gasteiger charge is -2.03. The number of carbonyl (C=O) groups is 1. The molecule has 0 aliphatic carbocycles. The van der Waals surface area contributed by atoms with Crippen LogP contribution in [0.1, 0.15) is 17.3 Å². The van der Waals surface area contributed by atoms with Crippen LogP contribution in [0.25, 0.3) is 10.9 Å². The number of nitrogen functional groups attached to an aromatic ring is 1. The fraction of sp³-hybridized carbons (Fsp3) is 0.0909. The maximum atomic E-state index is 11.3. The molecule has 1 heterocycles. The molecule has 0 radical (unpaired) electrons. The highest BCUT2D eigenvalue weighted by atomic mass is 16.5. The van der Waals surface area contributed by atoms with E-state index in [0.29, 0.717) is 11.1 Å². The maximum absolute atomic E-state index is 11.3. The first-order valence-corrected chi connectivity index (χ1v) is 4.54. The molecule has 2 aromatic rings. The summed E-state index contributed by atoms with van der Waals surface area (Å²) in [5, 5.41) is 10.5. The first-order chi connectivity index (χ1) is 7.11. The number of rotatable bonds is 1. The molecule has 0 saturated carbocycles. The lowest BCUT2D eigenvalue weighted by atomic mass is 10.1. The van der Waals surface area contributed by atoms with E-state index in [0.717, 1.165) is 10.1 Å². The molecule has 1 aromatic carbocycles. The summed E-state index contributed by atoms with van der Waals surface area (Å²) in [5.74, 6) is -0.0951. The van der Waals surface area contributed by atoms with E-state index >= 15 is 0 Å². The fourth-order valence-electron chi connectivity index (χ4n) is 1.56. The Labute approximate surface area is 86.5 Å². The van der Waals surface area contributed by atoms with E-state index in [1.165, 1.54) is 6.92 Å². The summed E-state index contributed by atoms with van der Waals surface area (Å²) in [6.07, 6.45) is 0. The smallest absolute Gasteiger partial charge is 0.323 e. The highest BCUT2D eigenvalue weighted by Gasteiger charge is 2.18. The van der Waals surface area contributed by atoms with Gasteiger partial charge in [0, 0.05) is 5.39 Å². The van der Waals surface area contributed by atoms with Crippen LogP contribution in [0.15, 0.2) is 30.3 Å². The molecule has 4 nitrogen and oxygen atoms in total. The van der Waals surface area contributed by atoms with Gasteiger partial charge in [-0.05, 0) is 23.8 Å². The predicted octanol–water partition coefficient (Wildman–Crippen LogP) is 1.15. The van der Waals surface area contributed by atoms with Crippen LogP contribution in [-0.4, -0.2) is 11.0 Å². The molecular weight excluding hydrogens is 192 g/mol. The van der Waals surface area contributed by atoms with Crippen molar-refractivity contribution in [1.82, 2.24) is 0 Å². The zero-order valence-corrected chi connectivity index (χ0v) is 8.27. The molecule has 0 spiro atoms. The van der Waals surface area contributed by atoms with Crippen molar-refractivity contribution in [3.63, 3.8) is 0 Å². The van der Waals surface area contributed by atoms with Gasteiger partial charge in [-0.2, -0.15) is 0 Å². The Hall–Kier alpha value is -2.10. The molecule has 3 N–H and O–H groups in total. The number of fused-ring (bicyclic) bond motifs is 1. The van der Waals surface area contributed by atoms with Crippen molar-refractivity contribution in [1.29, 1.82) is 0 Å². The Morgan fingerprint density at radius 2 is 2.07 bits per heavy atom. The van der Waals surface area contributed by atoms with Crippen molar-refractivity contribution in [2.75, 3.05) is 5.73 Å². The molecule has 1 aromatic heterocycles. The summed E-state index contributed by atoms with van der Waals surface area (Å²) >= 11 is 0. The van der Waals surface area contributed by atoms with E-state index in [4.69, 9.17) is 5.73 Å². The summed E-state index contributed by atoms with van der Waals surface area (Å²) in [7, 11) is 0. The van der Waals surface area contributed by atoms with Crippen LogP contribution in [-0.2, 0) is 0 Å². The molecule has 0 unspecified atom stereocenters. The number of nitrogens with zero attached hydrogens (tertiary/aromatic N) is 1. The monoisotopic (exact) mass is 203 g/mol. The fourth-order valence-corrected chi connectivity index (χ4v) is 1.56. The SMILES string of the molecule is CC(=O)c1cc2ccccc2[n+](O)c1N. The van der Waals surface area contributed by atoms with E-state index in [9.17, 15) is 10.0 Å². The second-order valence-electron chi connectivity index (χ2n) is 3.37. The van der Waals surface area contributed by atoms with Crippen LogP contribution in [0.4, 0.5) is 5.82 Å². The van der Waals surface area contributed by atoms with Crippen molar-refractivity contribution >= 4 is 22.5 Å². The van der Waals surface area contributed by atoms with Crippen LogP contribution >= 0.6 is 0 Å². The number of Topliss-reactive ketones (excluding diaryl/α,β-unsaturated/α-hetero) is 1. The van der Waals surface area contributed by atoms with E-state index in [1.54, 1.807) is 18.2 Å². The normalized spacial score (nSPS) is 10.5. The number of pyridine rings is 1. The number of benzene rings is 1. The highest BCUT2D eigenvalue weighted by molar-refractivity contribution is 6.00. The molecule has 0 amide bonds. The van der Waals surface area contributed by atoms with Crippen molar-refractivity contribution in [2.24, 2.45) is 0 Å². The van der Waals surface area contributed by atoms with E-state index < -0.39 is 0 Å². The van der Waals surface area contributed by atoms with Crippen molar-refractivity contribution in [3.8, 4) is 0 Å². The number of hydrogen-bond donors (Lipinski definition) is 2. The van der Waals surface area contributed by atoms with Crippen LogP contribution in [0.2, 0.25) is 0 Å². The molecule has 76 valence electrons. The summed E-state index contributed by atoms with van der Waals surface area (Å²) in [5.41, 5.74) is 6.55. The van der Waals surface area contributed by atoms with Gasteiger partial charge >= 0.3 is 5.82 Å². The van der Waals surface area contributed by atoms with Crippen LogP contribution < -0.4 is 10.5 Å². The first-order valence-electron chi connectivity index (χ1n) is 4.54. The van der Waals surface area contributed by atoms with Crippen LogP contribution in [0.5, 0.6) is 0 Å². The third-order valence-electron chi connectivity index (χ3n) is 2.35. The number of ketones is 1. The van der Waals surface area contributed by atoms with Gasteiger partial charge in [0.25, 0.3) is 0 Å². The average molecular weight is 203 g/mol. The maximum Gasteiger partial charge on any atom is 0.323 e. The Morgan fingerprint density at radius 1 is 1.40 bits per heavy atom. The number of anilines is 1. The zero-order chi connectivity index (χ0) is 11.0. The molecule has 0 aliphatic heterocycles. The quantitative estimate of drug-likeness (QED) is 0.415. The van der Waals surface area contributed by atoms with E-state index in [2.05, 4.69) is 0 Å². The van der Waals surface area contributed by atoms with Gasteiger partial charge in [-0.1, -0.05) is 18.2 Å². The minimum Gasteiger partial charge on any atom is -0.349 e. The Balaban J connectivity index is 2.88. The number of hydrogen-bond acceptors (Lipinski definition) is 3. The minimum atomic E-state index is -0.166. The summed E-state index contributed by atoms with van der Waals surface area (Å²) < 4.78 is 0.839. The van der Waals surface area contributed by atoms with Gasteiger partial charge in [0.05, 0.1) is 0 Å². The van der Waals surface area contributed by atoms with Crippen molar-refractivity contribution in [2.45, 2.75) is 6.92 Å². The van der Waals surface area contributed by atoms with Crippen LogP contribution in [0.3, 0.4) is 0 Å². The molecule has 0 fully saturated rings. The molecule has 0 saturated heterocycles. The number of nitrogens with two attached hydrogens (primary N) is 1. The molecule has 0 aliphatic rings. The van der Waals surface area contributed by atoms with Gasteiger partial charge in [-0.3, -0.25) is 10.5 Å². The lowest BCUT2D eigenvalue weighted by molar-refractivity contribution is -0.873. The largest absolute Gasteiger partial charge is 0.349 e. The molecule has 0 atom stereocenters. The number of aromatic nitrogens is 1. The van der Waals surface area contributed by atoms with E-state index in [-0.39, 0.29) is 11.6 Å². The average Bonchev–Trinajstić information content (AvgIpc) is 2.23. The molecule has 0 bridgehead atoms. The Kier molecular flexibility index (Phi) is 2.04. The van der Waals surface area contributed by atoms with Gasteiger partial charge in [0.2, 0.25) is 0 Å². The standard InChI is InChI=1S/C11H10N2O2/c1-7(14)9-6-8-4-2-3-5-10(8)13(15)11(9)12/h2-6,12,15H,1H3/p+1. The summed E-state index contributed by atoms with van der Waals surface area (Å²) in [4.78, 5) is 11.3. The van der Waals surface area contributed by atoms with Crippen molar-refractivity contribution < 1.29 is 14.7 Å².